The van der Waals surface area contributed by atoms with Gasteiger partial charge in [-0.05, 0) is 12.1 Å². The Balaban J connectivity index is 2.28. The molecule has 0 unspecified atom stereocenters. The molecule has 92 valence electrons. The summed E-state index contributed by atoms with van der Waals surface area (Å²) >= 11 is 6.19. The van der Waals surface area contributed by atoms with E-state index in [2.05, 4.69) is 5.10 Å². The Labute approximate surface area is 114 Å². The molecule has 4 heteroatoms. The molecule has 4 rings (SSSR count). The molecule has 0 bridgehead atoms. The summed E-state index contributed by atoms with van der Waals surface area (Å²) in [6, 6.07) is 11.2. The number of carbonyl (C=O) groups is 1. The minimum atomic E-state index is -0.0216. The van der Waals surface area contributed by atoms with E-state index >= 15 is 0 Å². The van der Waals surface area contributed by atoms with Gasteiger partial charge in [-0.2, -0.15) is 5.10 Å². The van der Waals surface area contributed by atoms with Crippen LogP contribution in [0.25, 0.3) is 22.2 Å². The van der Waals surface area contributed by atoms with E-state index in [1.54, 1.807) is 10.7 Å². The van der Waals surface area contributed by atoms with Crippen LogP contribution in [0.4, 0.5) is 0 Å². The molecule has 3 nitrogen and oxygen atoms in total. The molecule has 0 saturated carbocycles. The monoisotopic (exact) mass is 268 g/mol. The molecule has 0 amide bonds. The van der Waals surface area contributed by atoms with E-state index in [-0.39, 0.29) is 5.78 Å². The molecule has 0 saturated heterocycles. The van der Waals surface area contributed by atoms with Crippen molar-refractivity contribution in [2.75, 3.05) is 0 Å². The van der Waals surface area contributed by atoms with E-state index in [0.29, 0.717) is 16.1 Å². The van der Waals surface area contributed by atoms with Gasteiger partial charge in [0.05, 0.1) is 16.1 Å². The Morgan fingerprint density at radius 1 is 1.11 bits per heavy atom. The van der Waals surface area contributed by atoms with Crippen molar-refractivity contribution in [1.82, 2.24) is 9.78 Å². The van der Waals surface area contributed by atoms with Crippen molar-refractivity contribution in [2.45, 2.75) is 0 Å². The first-order chi connectivity index (χ1) is 9.18. The van der Waals surface area contributed by atoms with Crippen molar-refractivity contribution >= 4 is 28.3 Å². The lowest BCUT2D eigenvalue weighted by Gasteiger charge is -2.15. The standard InChI is InChI=1S/C15H9ClN2O/c1-18-11-7-3-5-9-13(11)14(17-18)8-4-2-6-10(16)12(8)15(9)19/h2-7H,1H3. The minimum absolute atomic E-state index is 0.0216. The molecule has 2 aromatic carbocycles. The van der Waals surface area contributed by atoms with Gasteiger partial charge in [0.25, 0.3) is 0 Å². The summed E-state index contributed by atoms with van der Waals surface area (Å²) in [4.78, 5) is 12.6. The second-order valence-electron chi connectivity index (χ2n) is 4.66. The van der Waals surface area contributed by atoms with Gasteiger partial charge in [0, 0.05) is 23.6 Å². The number of rotatable bonds is 0. The number of halogens is 1. The number of aromatic nitrogens is 2. The van der Waals surface area contributed by atoms with Crippen molar-refractivity contribution in [2.24, 2.45) is 7.05 Å². The lowest BCUT2D eigenvalue weighted by molar-refractivity contribution is 0.104. The van der Waals surface area contributed by atoms with E-state index in [0.717, 1.165) is 22.2 Å². The zero-order valence-corrected chi connectivity index (χ0v) is 10.9. The highest BCUT2D eigenvalue weighted by molar-refractivity contribution is 6.38. The van der Waals surface area contributed by atoms with Gasteiger partial charge in [-0.25, -0.2) is 0 Å². The van der Waals surface area contributed by atoms with E-state index < -0.39 is 0 Å². The molecule has 3 aromatic rings. The predicted octanol–water partition coefficient (Wildman–Crippen LogP) is 3.44. The average Bonchev–Trinajstić information content (AvgIpc) is 2.75. The van der Waals surface area contributed by atoms with Gasteiger partial charge in [-0.1, -0.05) is 35.9 Å². The summed E-state index contributed by atoms with van der Waals surface area (Å²) < 4.78 is 1.80. The van der Waals surface area contributed by atoms with Crippen molar-refractivity contribution in [1.29, 1.82) is 0 Å². The molecule has 1 aliphatic carbocycles. The third-order valence-electron chi connectivity index (χ3n) is 3.62. The van der Waals surface area contributed by atoms with Crippen LogP contribution in [-0.2, 0) is 7.05 Å². The molecule has 1 aromatic heterocycles. The maximum Gasteiger partial charge on any atom is 0.195 e. The summed E-state index contributed by atoms with van der Waals surface area (Å²) in [5.74, 6) is -0.0216. The molecule has 0 atom stereocenters. The minimum Gasteiger partial charge on any atom is -0.289 e. The van der Waals surface area contributed by atoms with Crippen LogP contribution in [0.2, 0.25) is 5.02 Å². The van der Waals surface area contributed by atoms with Crippen molar-refractivity contribution in [3.05, 3.63) is 52.5 Å². The zero-order chi connectivity index (χ0) is 13.1. The van der Waals surface area contributed by atoms with Gasteiger partial charge in [-0.3, -0.25) is 9.48 Å². The first-order valence-electron chi connectivity index (χ1n) is 5.98. The predicted molar refractivity (Wildman–Crippen MR) is 74.6 cm³/mol. The molecule has 0 fully saturated rings. The highest BCUT2D eigenvalue weighted by Crippen LogP contribution is 2.40. The Morgan fingerprint density at radius 3 is 2.68 bits per heavy atom. The van der Waals surface area contributed by atoms with Crippen LogP contribution in [-0.4, -0.2) is 15.6 Å². The Bertz CT molecular complexity index is 864. The van der Waals surface area contributed by atoms with Crippen molar-refractivity contribution in [3.8, 4) is 11.3 Å². The molecule has 1 aliphatic rings. The average molecular weight is 269 g/mol. The summed E-state index contributed by atoms with van der Waals surface area (Å²) in [6.45, 7) is 0. The maximum atomic E-state index is 12.6. The number of hydrogen-bond donors (Lipinski definition) is 0. The fourth-order valence-corrected chi connectivity index (χ4v) is 3.04. The van der Waals surface area contributed by atoms with E-state index in [1.165, 1.54) is 0 Å². The number of fused-ring (bicyclic) bond motifs is 2. The molecule has 19 heavy (non-hydrogen) atoms. The summed E-state index contributed by atoms with van der Waals surface area (Å²) in [5.41, 5.74) is 3.86. The number of hydrogen-bond acceptors (Lipinski definition) is 2. The largest absolute Gasteiger partial charge is 0.289 e. The summed E-state index contributed by atoms with van der Waals surface area (Å²) in [6.07, 6.45) is 0. The van der Waals surface area contributed by atoms with Crippen LogP contribution in [0, 0.1) is 0 Å². The number of benzene rings is 2. The van der Waals surface area contributed by atoms with Gasteiger partial charge < -0.3 is 0 Å². The first-order valence-corrected chi connectivity index (χ1v) is 6.35. The summed E-state index contributed by atoms with van der Waals surface area (Å²) in [5, 5.41) is 5.95. The van der Waals surface area contributed by atoms with Crippen molar-refractivity contribution < 1.29 is 4.79 Å². The van der Waals surface area contributed by atoms with Gasteiger partial charge in [0.15, 0.2) is 5.78 Å². The number of ketones is 1. The molecular weight excluding hydrogens is 260 g/mol. The Hall–Kier alpha value is -2.13. The van der Waals surface area contributed by atoms with Crippen LogP contribution >= 0.6 is 11.6 Å². The number of nitrogens with zero attached hydrogens (tertiary/aromatic N) is 2. The topological polar surface area (TPSA) is 34.9 Å². The fraction of sp³-hybridized carbons (Fsp3) is 0.0667. The SMILES string of the molecule is Cn1nc2c3c(cccc31)C(=O)c1c(Cl)cccc1-2. The Morgan fingerprint density at radius 2 is 1.84 bits per heavy atom. The van der Waals surface area contributed by atoms with Crippen molar-refractivity contribution in [3.63, 3.8) is 0 Å². The quantitative estimate of drug-likeness (QED) is 0.490. The molecule has 1 heterocycles. The van der Waals surface area contributed by atoms with E-state index in [1.807, 2.05) is 37.4 Å². The zero-order valence-electron chi connectivity index (χ0n) is 10.1. The lowest BCUT2D eigenvalue weighted by atomic mass is 9.87. The smallest absolute Gasteiger partial charge is 0.195 e. The van der Waals surface area contributed by atoms with Crippen LogP contribution in [0.15, 0.2) is 36.4 Å². The van der Waals surface area contributed by atoms with Gasteiger partial charge in [0.1, 0.15) is 5.69 Å². The second kappa shape index (κ2) is 3.45. The van der Waals surface area contributed by atoms with Crippen LogP contribution < -0.4 is 0 Å². The van der Waals surface area contributed by atoms with E-state index in [9.17, 15) is 4.79 Å². The van der Waals surface area contributed by atoms with Crippen LogP contribution in [0.1, 0.15) is 15.9 Å². The van der Waals surface area contributed by atoms with E-state index in [4.69, 9.17) is 11.6 Å². The first kappa shape index (κ1) is 10.8. The highest BCUT2D eigenvalue weighted by atomic mass is 35.5. The third-order valence-corrected chi connectivity index (χ3v) is 3.93. The highest BCUT2D eigenvalue weighted by Gasteiger charge is 2.29. The number of carbonyl (C=O) groups excluding carboxylic acids is 1. The molecule has 0 spiro atoms. The van der Waals surface area contributed by atoms with Gasteiger partial charge >= 0.3 is 0 Å². The van der Waals surface area contributed by atoms with Crippen LogP contribution in [0.5, 0.6) is 0 Å². The lowest BCUT2D eigenvalue weighted by Crippen LogP contribution is -2.09. The van der Waals surface area contributed by atoms with Gasteiger partial charge in [0.2, 0.25) is 0 Å². The molecular formula is C15H9ClN2O. The molecule has 0 N–H and O–H groups in total. The Kier molecular flexibility index (Phi) is 1.96. The number of aryl methyl sites for hydroxylation is 1. The normalized spacial score (nSPS) is 12.8. The third kappa shape index (κ3) is 1.23. The summed E-state index contributed by atoms with van der Waals surface area (Å²) in [7, 11) is 1.88. The molecule has 0 aliphatic heterocycles. The molecule has 0 radical (unpaired) electrons. The fourth-order valence-electron chi connectivity index (χ4n) is 2.78. The van der Waals surface area contributed by atoms with Gasteiger partial charge in [-0.15, -0.1) is 0 Å². The second-order valence-corrected chi connectivity index (χ2v) is 5.07. The van der Waals surface area contributed by atoms with Crippen LogP contribution in [0.3, 0.4) is 0 Å². The maximum absolute atomic E-state index is 12.6.